The number of hydrogen-bond donors (Lipinski definition) is 1. The number of amides is 1. The molecule has 8 heteroatoms. The summed E-state index contributed by atoms with van der Waals surface area (Å²) in [5.74, 6) is -0.820. The van der Waals surface area contributed by atoms with Crippen LogP contribution in [-0.2, 0) is 23.9 Å². The number of fused-ring (bicyclic) bond motifs is 1. The Morgan fingerprint density at radius 3 is 2.77 bits per heavy atom. The lowest BCUT2D eigenvalue weighted by Crippen LogP contribution is -2.68. The molecule has 0 aromatic heterocycles. The number of β-lactam (4-membered cyclic amide) rings is 1. The average Bonchev–Trinajstić information content (AvgIpc) is 2.51. The number of carbonyl (C=O) groups excluding carboxylic acids is 3. The number of rotatable bonds is 6. The van der Waals surface area contributed by atoms with E-state index in [0.717, 1.165) is 12.8 Å². The first-order valence-electron chi connectivity index (χ1n) is 7.20. The van der Waals surface area contributed by atoms with Crippen LogP contribution in [0.15, 0.2) is 11.3 Å². The lowest BCUT2D eigenvalue weighted by molar-refractivity contribution is -0.151. The first kappa shape index (κ1) is 16.8. The van der Waals surface area contributed by atoms with Gasteiger partial charge in [-0.25, -0.2) is 4.79 Å². The van der Waals surface area contributed by atoms with E-state index in [1.807, 2.05) is 6.92 Å². The van der Waals surface area contributed by atoms with E-state index in [0.29, 0.717) is 17.9 Å². The summed E-state index contributed by atoms with van der Waals surface area (Å²) >= 11 is 1.46. The third-order valence-corrected chi connectivity index (χ3v) is 4.82. The van der Waals surface area contributed by atoms with Gasteiger partial charge in [0.2, 0.25) is 5.91 Å². The molecule has 1 amide bonds. The van der Waals surface area contributed by atoms with Crippen LogP contribution in [0.2, 0.25) is 0 Å². The van der Waals surface area contributed by atoms with Gasteiger partial charge in [-0.15, -0.1) is 11.8 Å². The van der Waals surface area contributed by atoms with Crippen molar-refractivity contribution in [3.8, 4) is 0 Å². The molecular weight excluding hydrogens is 308 g/mol. The van der Waals surface area contributed by atoms with Crippen LogP contribution >= 0.6 is 11.8 Å². The fourth-order valence-electron chi connectivity index (χ4n) is 2.25. The Balaban J connectivity index is 2.18. The third kappa shape index (κ3) is 3.27. The van der Waals surface area contributed by atoms with E-state index in [4.69, 9.17) is 15.2 Å². The van der Waals surface area contributed by atoms with Crippen molar-refractivity contribution in [1.82, 2.24) is 4.90 Å². The summed E-state index contributed by atoms with van der Waals surface area (Å²) in [6.45, 7) is 3.56. The lowest BCUT2D eigenvalue weighted by Gasteiger charge is -2.48. The van der Waals surface area contributed by atoms with Gasteiger partial charge in [-0.1, -0.05) is 13.3 Å². The van der Waals surface area contributed by atoms with Gasteiger partial charge in [0.25, 0.3) is 0 Å². The Morgan fingerprint density at radius 2 is 2.14 bits per heavy atom. The van der Waals surface area contributed by atoms with Crippen LogP contribution in [0.5, 0.6) is 0 Å². The Labute approximate surface area is 133 Å². The highest BCUT2D eigenvalue weighted by atomic mass is 32.2. The van der Waals surface area contributed by atoms with Crippen molar-refractivity contribution in [1.29, 1.82) is 0 Å². The molecule has 0 saturated carbocycles. The molecule has 0 radical (unpaired) electrons. The Hall–Kier alpha value is -1.54. The number of unbranched alkanes of at least 4 members (excludes halogenated alkanes) is 1. The molecule has 122 valence electrons. The Bertz CT molecular complexity index is 519. The highest BCUT2D eigenvalue weighted by molar-refractivity contribution is 8.00. The van der Waals surface area contributed by atoms with Crippen molar-refractivity contribution in [3.63, 3.8) is 0 Å². The number of nitrogens with two attached hydrogens (primary N) is 1. The zero-order chi connectivity index (χ0) is 16.3. The maximum Gasteiger partial charge on any atom is 0.355 e. The third-order valence-electron chi connectivity index (χ3n) is 3.46. The summed E-state index contributed by atoms with van der Waals surface area (Å²) in [5.41, 5.74) is 6.53. The van der Waals surface area contributed by atoms with Crippen LogP contribution in [-0.4, -0.2) is 53.1 Å². The Kier molecular flexibility index (Phi) is 5.47. The number of carbonyl (C=O) groups is 3. The predicted octanol–water partition coefficient (Wildman–Crippen LogP) is 0.389. The van der Waals surface area contributed by atoms with Gasteiger partial charge in [0.05, 0.1) is 6.61 Å². The van der Waals surface area contributed by atoms with Crippen molar-refractivity contribution >= 4 is 29.6 Å². The summed E-state index contributed by atoms with van der Waals surface area (Å²) in [7, 11) is 0. The molecular formula is C14H20N2O5S. The number of thioether (sulfide) groups is 1. The van der Waals surface area contributed by atoms with Gasteiger partial charge < -0.3 is 15.2 Å². The molecule has 7 nitrogen and oxygen atoms in total. The summed E-state index contributed by atoms with van der Waals surface area (Å²) in [5, 5.41) is -0.248. The molecule has 1 saturated heterocycles. The van der Waals surface area contributed by atoms with E-state index in [2.05, 4.69) is 0 Å². The SMILES string of the molecule is CCCCOC(=O)C1=C(COC(C)=O)CS[C@@H]2C(N)C(=O)N12. The van der Waals surface area contributed by atoms with Crippen molar-refractivity contribution in [2.45, 2.75) is 38.1 Å². The molecule has 2 N–H and O–H groups in total. The maximum absolute atomic E-state index is 12.3. The van der Waals surface area contributed by atoms with Gasteiger partial charge in [0.1, 0.15) is 23.7 Å². The first-order chi connectivity index (χ1) is 10.5. The highest BCUT2D eigenvalue weighted by Crippen LogP contribution is 2.39. The molecule has 2 rings (SSSR count). The van der Waals surface area contributed by atoms with Crippen molar-refractivity contribution in [2.75, 3.05) is 19.0 Å². The quantitative estimate of drug-likeness (QED) is 0.428. The first-order valence-corrected chi connectivity index (χ1v) is 8.25. The maximum atomic E-state index is 12.3. The van der Waals surface area contributed by atoms with Crippen molar-refractivity contribution in [2.24, 2.45) is 5.73 Å². The fourth-order valence-corrected chi connectivity index (χ4v) is 3.52. The molecule has 0 aliphatic carbocycles. The van der Waals surface area contributed by atoms with Crippen LogP contribution in [0.3, 0.4) is 0 Å². The minimum absolute atomic E-state index is 0.0215. The Morgan fingerprint density at radius 1 is 1.41 bits per heavy atom. The number of nitrogens with zero attached hydrogens (tertiary/aromatic N) is 1. The second kappa shape index (κ2) is 7.15. The summed E-state index contributed by atoms with van der Waals surface area (Å²) in [6, 6.07) is -0.598. The lowest BCUT2D eigenvalue weighted by atomic mass is 10.0. The second-order valence-electron chi connectivity index (χ2n) is 5.16. The molecule has 2 heterocycles. The molecule has 2 aliphatic rings. The molecule has 1 unspecified atom stereocenters. The average molecular weight is 328 g/mol. The van der Waals surface area contributed by atoms with Gasteiger partial charge in [-0.3, -0.25) is 14.5 Å². The zero-order valence-electron chi connectivity index (χ0n) is 12.7. The van der Waals surface area contributed by atoms with E-state index < -0.39 is 18.0 Å². The van der Waals surface area contributed by atoms with Crippen LogP contribution in [0.4, 0.5) is 0 Å². The standard InChI is InChI=1S/C14H20N2O5S/c1-3-4-5-20-14(19)11-9(6-21-8(2)17)7-22-13-10(15)12(18)16(11)13/h10,13H,3-7,15H2,1-2H3/t10?,13-/m1/s1. The van der Waals surface area contributed by atoms with Gasteiger partial charge in [0, 0.05) is 18.2 Å². The molecule has 22 heavy (non-hydrogen) atoms. The highest BCUT2D eigenvalue weighted by Gasteiger charge is 2.52. The van der Waals surface area contributed by atoms with E-state index in [1.54, 1.807) is 0 Å². The van der Waals surface area contributed by atoms with Crippen LogP contribution in [0.25, 0.3) is 0 Å². The predicted molar refractivity (Wildman–Crippen MR) is 80.6 cm³/mol. The number of esters is 2. The number of hydrogen-bond acceptors (Lipinski definition) is 7. The minimum atomic E-state index is -0.598. The normalized spacial score (nSPS) is 23.8. The monoisotopic (exact) mass is 328 g/mol. The molecule has 2 aliphatic heterocycles. The van der Waals surface area contributed by atoms with Crippen LogP contribution in [0.1, 0.15) is 26.7 Å². The summed E-state index contributed by atoms with van der Waals surface area (Å²) in [4.78, 5) is 36.6. The smallest absolute Gasteiger partial charge is 0.355 e. The summed E-state index contributed by atoms with van der Waals surface area (Å²) < 4.78 is 10.2. The largest absolute Gasteiger partial charge is 0.461 e. The van der Waals surface area contributed by atoms with Crippen molar-refractivity contribution in [3.05, 3.63) is 11.3 Å². The van der Waals surface area contributed by atoms with Gasteiger partial charge in [-0.2, -0.15) is 0 Å². The van der Waals surface area contributed by atoms with Crippen LogP contribution in [0, 0.1) is 0 Å². The van der Waals surface area contributed by atoms with Crippen molar-refractivity contribution < 1.29 is 23.9 Å². The number of ether oxygens (including phenoxy) is 2. The molecule has 2 atom stereocenters. The van der Waals surface area contributed by atoms with E-state index >= 15 is 0 Å². The van der Waals surface area contributed by atoms with E-state index in [-0.39, 0.29) is 23.6 Å². The second-order valence-corrected chi connectivity index (χ2v) is 6.26. The molecule has 0 aromatic rings. The molecule has 0 aromatic carbocycles. The van der Waals surface area contributed by atoms with E-state index in [9.17, 15) is 14.4 Å². The minimum Gasteiger partial charge on any atom is -0.461 e. The summed E-state index contributed by atoms with van der Waals surface area (Å²) in [6.07, 6.45) is 1.66. The van der Waals surface area contributed by atoms with Gasteiger partial charge >= 0.3 is 11.9 Å². The zero-order valence-corrected chi connectivity index (χ0v) is 13.5. The fraction of sp³-hybridized carbons (Fsp3) is 0.643. The van der Waals surface area contributed by atoms with E-state index in [1.165, 1.54) is 23.6 Å². The van der Waals surface area contributed by atoms with Gasteiger partial charge in [0.15, 0.2) is 0 Å². The van der Waals surface area contributed by atoms with Crippen LogP contribution < -0.4 is 5.73 Å². The molecule has 0 spiro atoms. The topological polar surface area (TPSA) is 98.9 Å². The molecule has 1 fully saturated rings. The van der Waals surface area contributed by atoms with Gasteiger partial charge in [-0.05, 0) is 6.42 Å². The molecule has 0 bridgehead atoms.